The minimum Gasteiger partial charge on any atom is -0.443 e. The Morgan fingerprint density at radius 1 is 1.40 bits per heavy atom. The number of carbonyl (C=O) groups is 1. The fourth-order valence-electron chi connectivity index (χ4n) is 2.59. The van der Waals surface area contributed by atoms with Gasteiger partial charge in [-0.05, 0) is 53.7 Å². The number of hydrogen-bond acceptors (Lipinski definition) is 6. The number of hydrazine groups is 1. The molecule has 0 radical (unpaired) electrons. The second kappa shape index (κ2) is 8.53. The quantitative estimate of drug-likeness (QED) is 0.550. The summed E-state index contributed by atoms with van der Waals surface area (Å²) in [7, 11) is 3.40. The van der Waals surface area contributed by atoms with Gasteiger partial charge >= 0.3 is 6.09 Å². The minimum absolute atomic E-state index is 0.0105. The third kappa shape index (κ3) is 5.09. The third-order valence-electron chi connectivity index (χ3n) is 4.43. The summed E-state index contributed by atoms with van der Waals surface area (Å²) in [5.74, 6) is 6.46. The van der Waals surface area contributed by atoms with Crippen LogP contribution in [0.5, 0.6) is 0 Å². The van der Waals surface area contributed by atoms with Gasteiger partial charge in [0.2, 0.25) is 0 Å². The number of amides is 1. The topological polar surface area (TPSA) is 97.7 Å². The summed E-state index contributed by atoms with van der Waals surface area (Å²) in [6, 6.07) is 3.66. The van der Waals surface area contributed by atoms with E-state index in [9.17, 15) is 4.79 Å². The summed E-state index contributed by atoms with van der Waals surface area (Å²) in [5.41, 5.74) is 8.50. The van der Waals surface area contributed by atoms with Crippen molar-refractivity contribution in [2.24, 2.45) is 17.5 Å². The van der Waals surface area contributed by atoms with E-state index in [2.05, 4.69) is 20.9 Å². The summed E-state index contributed by atoms with van der Waals surface area (Å²) < 4.78 is 6.28. The summed E-state index contributed by atoms with van der Waals surface area (Å²) in [5, 5.41) is 1.35. The molecule has 1 fully saturated rings. The van der Waals surface area contributed by atoms with Crippen molar-refractivity contribution in [1.82, 2.24) is 14.9 Å². The van der Waals surface area contributed by atoms with Gasteiger partial charge in [-0.15, -0.1) is 0 Å². The molecule has 1 saturated carbocycles. The number of carbonyl (C=O) groups excluding carboxylic acids is 1. The van der Waals surface area contributed by atoms with Crippen LogP contribution in [0.25, 0.3) is 5.70 Å². The predicted octanol–water partition coefficient (Wildman–Crippen LogP) is 2.45. The van der Waals surface area contributed by atoms with Crippen LogP contribution in [0.1, 0.15) is 30.7 Å². The molecule has 8 heteroatoms. The Bertz CT molecular complexity index is 658. The van der Waals surface area contributed by atoms with E-state index in [0.29, 0.717) is 23.0 Å². The van der Waals surface area contributed by atoms with Gasteiger partial charge in [-0.2, -0.15) is 0 Å². The lowest BCUT2D eigenvalue weighted by Gasteiger charge is -2.30. The van der Waals surface area contributed by atoms with Crippen molar-refractivity contribution in [3.63, 3.8) is 0 Å². The van der Waals surface area contributed by atoms with Gasteiger partial charge in [0, 0.05) is 25.1 Å². The van der Waals surface area contributed by atoms with Crippen molar-refractivity contribution >= 4 is 27.7 Å². The number of pyridine rings is 1. The highest BCUT2D eigenvalue weighted by atomic mass is 79.9. The van der Waals surface area contributed by atoms with Crippen LogP contribution in [-0.2, 0) is 4.74 Å². The second-order valence-corrected chi connectivity index (χ2v) is 7.32. The Morgan fingerprint density at radius 2 is 2.08 bits per heavy atom. The summed E-state index contributed by atoms with van der Waals surface area (Å²) in [4.78, 5) is 18.2. The first-order valence-corrected chi connectivity index (χ1v) is 9.07. The van der Waals surface area contributed by atoms with Crippen LogP contribution in [0.4, 0.5) is 4.79 Å². The van der Waals surface area contributed by atoms with Crippen molar-refractivity contribution in [3.05, 3.63) is 33.7 Å². The normalized spacial score (nSPS) is 15.2. The molecule has 2 rings (SSSR count). The van der Waals surface area contributed by atoms with Crippen LogP contribution in [-0.4, -0.2) is 48.2 Å². The fraction of sp³-hybridized carbons (Fsp3) is 0.529. The van der Waals surface area contributed by atoms with Crippen molar-refractivity contribution in [3.8, 4) is 0 Å². The zero-order valence-electron chi connectivity index (χ0n) is 15.0. The molecule has 1 heterocycles. The third-order valence-corrected chi connectivity index (χ3v) is 5.27. The van der Waals surface area contributed by atoms with Crippen LogP contribution < -0.4 is 11.6 Å². The highest BCUT2D eigenvalue weighted by Crippen LogP contribution is 2.27. The van der Waals surface area contributed by atoms with E-state index < -0.39 is 0 Å². The molecule has 0 unspecified atom stereocenters. The molecule has 7 nitrogen and oxygen atoms in total. The Hall–Kier alpha value is -1.80. The van der Waals surface area contributed by atoms with E-state index in [4.69, 9.17) is 16.3 Å². The lowest BCUT2D eigenvalue weighted by Crippen LogP contribution is -2.37. The lowest BCUT2D eigenvalue weighted by atomic mass is 9.85. The van der Waals surface area contributed by atoms with Gasteiger partial charge in [-0.3, -0.25) is 4.98 Å². The maximum Gasteiger partial charge on any atom is 0.409 e. The van der Waals surface area contributed by atoms with Crippen LogP contribution in [0, 0.1) is 12.8 Å². The Morgan fingerprint density at radius 3 is 2.60 bits per heavy atom. The number of likely N-dealkylation sites (N-methyl/N-ethyl adjacent to an activating group) is 1. The molecule has 0 aliphatic heterocycles. The van der Waals surface area contributed by atoms with Crippen LogP contribution in [0.2, 0.25) is 0 Å². The van der Waals surface area contributed by atoms with E-state index in [0.717, 1.165) is 16.7 Å². The smallest absolute Gasteiger partial charge is 0.409 e. The van der Waals surface area contributed by atoms with Crippen LogP contribution >= 0.6 is 15.9 Å². The van der Waals surface area contributed by atoms with Crippen molar-refractivity contribution in [2.45, 2.75) is 26.2 Å². The Balaban J connectivity index is 2.05. The summed E-state index contributed by atoms with van der Waals surface area (Å²) in [6.07, 6.45) is 3.22. The number of aromatic nitrogens is 1. The molecular weight excluding hydrogens is 386 g/mol. The van der Waals surface area contributed by atoms with Gasteiger partial charge in [-0.25, -0.2) is 10.6 Å². The number of ether oxygens (including phenoxy) is 1. The molecule has 0 atom stereocenters. The second-order valence-electron chi connectivity index (χ2n) is 6.47. The van der Waals surface area contributed by atoms with E-state index in [-0.39, 0.29) is 12.7 Å². The van der Waals surface area contributed by atoms with E-state index in [1.165, 1.54) is 24.3 Å². The van der Waals surface area contributed by atoms with Crippen LogP contribution in [0.15, 0.2) is 22.3 Å². The molecule has 0 aromatic carbocycles. The van der Waals surface area contributed by atoms with Crippen molar-refractivity contribution < 1.29 is 9.53 Å². The largest absolute Gasteiger partial charge is 0.443 e. The van der Waals surface area contributed by atoms with Gasteiger partial charge in [0.25, 0.3) is 0 Å². The maximum atomic E-state index is 12.2. The molecule has 1 aromatic heterocycles. The van der Waals surface area contributed by atoms with Gasteiger partial charge < -0.3 is 20.4 Å². The van der Waals surface area contributed by atoms with Crippen molar-refractivity contribution in [2.75, 3.05) is 27.2 Å². The fourth-order valence-corrected chi connectivity index (χ4v) is 2.81. The first-order valence-electron chi connectivity index (χ1n) is 8.28. The molecule has 1 aliphatic carbocycles. The molecule has 138 valence electrons. The van der Waals surface area contributed by atoms with Crippen molar-refractivity contribution in [1.29, 1.82) is 0 Å². The minimum atomic E-state index is -0.376. The first-order chi connectivity index (χ1) is 11.8. The molecule has 1 amide bonds. The molecule has 0 saturated heterocycles. The monoisotopic (exact) mass is 411 g/mol. The lowest BCUT2D eigenvalue weighted by molar-refractivity contribution is 0.101. The van der Waals surface area contributed by atoms with Gasteiger partial charge in [-0.1, -0.05) is 6.42 Å². The van der Waals surface area contributed by atoms with Gasteiger partial charge in [0.1, 0.15) is 6.61 Å². The average molecular weight is 412 g/mol. The molecule has 25 heavy (non-hydrogen) atoms. The first kappa shape index (κ1) is 19.5. The molecular formula is C17H26BrN5O2. The summed E-state index contributed by atoms with van der Waals surface area (Å²) >= 11 is 3.41. The molecule has 0 bridgehead atoms. The van der Waals surface area contributed by atoms with Gasteiger partial charge in [0.05, 0.1) is 22.8 Å². The Kier molecular flexibility index (Phi) is 6.66. The average Bonchev–Trinajstić information content (AvgIpc) is 2.52. The van der Waals surface area contributed by atoms with E-state index >= 15 is 0 Å². The summed E-state index contributed by atoms with van der Waals surface area (Å²) in [6.45, 7) is 2.59. The zero-order chi connectivity index (χ0) is 18.6. The standard InChI is InChI=1S/C17H26BrN5O2/c1-11-13(18)7-8-14(21-11)16(19)15(23(3)20)10-25-17(24)22(2)9-12-5-4-6-12/h7-8,12H,4-6,9-10,19-20H2,1-3H3/b16-15-. The number of nitrogens with zero attached hydrogens (tertiary/aromatic N) is 3. The highest BCUT2D eigenvalue weighted by Gasteiger charge is 2.22. The zero-order valence-corrected chi connectivity index (χ0v) is 16.5. The molecule has 1 aromatic rings. The maximum absolute atomic E-state index is 12.2. The molecule has 1 aliphatic rings. The number of rotatable bonds is 6. The number of halogens is 1. The van der Waals surface area contributed by atoms with E-state index in [1.54, 1.807) is 25.1 Å². The number of aryl methyl sites for hydroxylation is 1. The SMILES string of the molecule is Cc1nc(/C(N)=C(\COC(=O)N(C)CC2CCC2)N(C)N)ccc1Br. The molecule has 0 spiro atoms. The van der Waals surface area contributed by atoms with Crippen LogP contribution in [0.3, 0.4) is 0 Å². The molecule has 4 N–H and O–H groups in total. The van der Waals surface area contributed by atoms with Gasteiger partial charge in [0.15, 0.2) is 0 Å². The predicted molar refractivity (Wildman–Crippen MR) is 101 cm³/mol. The van der Waals surface area contributed by atoms with E-state index in [1.807, 2.05) is 13.0 Å². The highest BCUT2D eigenvalue weighted by molar-refractivity contribution is 9.10. The Labute approximate surface area is 157 Å². The number of nitrogens with two attached hydrogens (primary N) is 2. The number of hydrogen-bond donors (Lipinski definition) is 2.